The number of fused-ring (bicyclic) bond motifs is 1. The molecule has 206 valence electrons. The van der Waals surface area contributed by atoms with Crippen LogP contribution in [0.15, 0.2) is 58.8 Å². The van der Waals surface area contributed by atoms with Gasteiger partial charge in [0, 0.05) is 30.0 Å². The lowest BCUT2D eigenvalue weighted by Crippen LogP contribution is -2.19. The van der Waals surface area contributed by atoms with E-state index in [1.165, 1.54) is 56.8 Å². The topological polar surface area (TPSA) is 143 Å². The average molecular weight is 550 g/mol. The molecule has 12 nitrogen and oxygen atoms in total. The third kappa shape index (κ3) is 5.08. The minimum absolute atomic E-state index is 0.0613. The van der Waals surface area contributed by atoms with E-state index in [0.29, 0.717) is 40.5 Å². The molecule has 0 fully saturated rings. The van der Waals surface area contributed by atoms with E-state index < -0.39 is 16.9 Å². The van der Waals surface area contributed by atoms with Gasteiger partial charge in [0.15, 0.2) is 11.5 Å². The van der Waals surface area contributed by atoms with Crippen LogP contribution in [0.4, 0.5) is 10.1 Å². The van der Waals surface area contributed by atoms with Crippen molar-refractivity contribution in [1.82, 2.24) is 5.43 Å². The zero-order valence-electron chi connectivity index (χ0n) is 21.4. The molecular weight excluding hydrogens is 527 g/mol. The maximum Gasteiger partial charge on any atom is 0.282 e. The summed E-state index contributed by atoms with van der Waals surface area (Å²) in [4.78, 5) is 29.0. The molecule has 0 aliphatic carbocycles. The van der Waals surface area contributed by atoms with Gasteiger partial charge >= 0.3 is 0 Å². The van der Waals surface area contributed by atoms with Crippen molar-refractivity contribution >= 4 is 23.5 Å². The number of amides is 1. The van der Waals surface area contributed by atoms with E-state index >= 15 is 0 Å². The first-order valence-electron chi connectivity index (χ1n) is 12.0. The van der Waals surface area contributed by atoms with Crippen molar-refractivity contribution in [3.63, 3.8) is 0 Å². The third-order valence-electron chi connectivity index (χ3n) is 6.32. The number of hydrogen-bond donors (Lipinski definition) is 1. The van der Waals surface area contributed by atoms with Crippen LogP contribution in [-0.2, 0) is 11.3 Å². The van der Waals surface area contributed by atoms with Gasteiger partial charge in [-0.15, -0.1) is 0 Å². The first-order chi connectivity index (χ1) is 19.4. The number of oxime groups is 1. The van der Waals surface area contributed by atoms with Crippen molar-refractivity contribution in [3.05, 3.63) is 86.7 Å². The van der Waals surface area contributed by atoms with E-state index in [0.717, 1.165) is 5.56 Å². The lowest BCUT2D eigenvalue weighted by molar-refractivity contribution is -0.385. The Bertz CT molecular complexity index is 1520. The van der Waals surface area contributed by atoms with Crippen LogP contribution in [0.5, 0.6) is 23.0 Å². The van der Waals surface area contributed by atoms with Gasteiger partial charge in [0.25, 0.3) is 11.6 Å². The van der Waals surface area contributed by atoms with E-state index in [1.54, 1.807) is 12.1 Å². The molecule has 3 aromatic carbocycles. The highest BCUT2D eigenvalue weighted by Gasteiger charge is 2.34. The zero-order chi connectivity index (χ0) is 28.2. The summed E-state index contributed by atoms with van der Waals surface area (Å²) in [5.74, 6) is 0.157. The average Bonchev–Trinajstić information content (AvgIpc) is 3.63. The molecular formula is C27H23FN4O8. The number of carbonyl (C=O) groups is 1. The highest BCUT2D eigenvalue weighted by atomic mass is 19.1. The second-order valence-electron chi connectivity index (χ2n) is 8.68. The highest BCUT2D eigenvalue weighted by Crippen LogP contribution is 2.52. The number of nitrogens with zero attached hydrogens (tertiary/aromatic N) is 3. The summed E-state index contributed by atoms with van der Waals surface area (Å²) in [5.41, 5.74) is 4.20. The smallest absolute Gasteiger partial charge is 0.282 e. The molecule has 5 rings (SSSR count). The third-order valence-corrected chi connectivity index (χ3v) is 6.32. The lowest BCUT2D eigenvalue weighted by Gasteiger charge is -2.19. The Balaban J connectivity index is 1.45. The summed E-state index contributed by atoms with van der Waals surface area (Å²) in [5, 5.41) is 19.5. The molecule has 0 aromatic heterocycles. The second kappa shape index (κ2) is 11.3. The Labute approximate surface area is 227 Å². The summed E-state index contributed by atoms with van der Waals surface area (Å²) in [7, 11) is 2.92. The molecule has 0 radical (unpaired) electrons. The molecule has 0 bridgehead atoms. The Hall–Kier alpha value is -5.20. The van der Waals surface area contributed by atoms with Gasteiger partial charge in [-0.3, -0.25) is 14.9 Å². The minimum Gasteiger partial charge on any atom is -0.492 e. The number of nitrogens with one attached hydrogen (secondary N) is 1. The second-order valence-corrected chi connectivity index (χ2v) is 8.68. The number of nitro groups is 1. The number of hydrazone groups is 1. The first-order valence-corrected chi connectivity index (χ1v) is 12.0. The lowest BCUT2D eigenvalue weighted by atomic mass is 9.95. The normalized spacial score (nSPS) is 15.5. The minimum atomic E-state index is -0.770. The van der Waals surface area contributed by atoms with Crippen molar-refractivity contribution in [1.29, 1.82) is 0 Å². The summed E-state index contributed by atoms with van der Waals surface area (Å²) < 4.78 is 35.9. The summed E-state index contributed by atoms with van der Waals surface area (Å²) >= 11 is 0. The molecule has 1 N–H and O–H groups in total. The number of benzene rings is 3. The molecule has 1 unspecified atom stereocenters. The van der Waals surface area contributed by atoms with E-state index in [9.17, 15) is 19.3 Å². The van der Waals surface area contributed by atoms with Gasteiger partial charge in [0.2, 0.25) is 18.3 Å². The van der Waals surface area contributed by atoms with E-state index in [1.807, 2.05) is 0 Å². The largest absolute Gasteiger partial charge is 0.492 e. The number of hydrogen-bond acceptors (Lipinski definition) is 10. The van der Waals surface area contributed by atoms with Crippen molar-refractivity contribution in [3.8, 4) is 23.0 Å². The fraction of sp³-hybridized carbons (Fsp3) is 0.222. The van der Waals surface area contributed by atoms with Gasteiger partial charge < -0.3 is 23.8 Å². The molecule has 13 heteroatoms. The number of halogens is 1. The van der Waals surface area contributed by atoms with E-state index in [4.69, 9.17) is 23.8 Å². The van der Waals surface area contributed by atoms with Crippen LogP contribution in [0.2, 0.25) is 0 Å². The molecule has 0 saturated heterocycles. The van der Waals surface area contributed by atoms with Crippen molar-refractivity contribution in [2.75, 3.05) is 21.0 Å². The van der Waals surface area contributed by atoms with E-state index in [-0.39, 0.29) is 36.0 Å². The van der Waals surface area contributed by atoms with Gasteiger partial charge in [-0.25, -0.2) is 9.82 Å². The van der Waals surface area contributed by atoms with Gasteiger partial charge in [0.1, 0.15) is 17.5 Å². The number of carbonyl (C=O) groups excluding carboxylic acids is 1. The fourth-order valence-electron chi connectivity index (χ4n) is 4.51. The van der Waals surface area contributed by atoms with Crippen LogP contribution in [0.3, 0.4) is 0 Å². The number of para-hydroxylation sites is 1. The van der Waals surface area contributed by atoms with Crippen LogP contribution in [0, 0.1) is 15.9 Å². The fourth-order valence-corrected chi connectivity index (χ4v) is 4.51. The SMILES string of the molecule is COc1c(/C=N/NC(=O)c2ccccc2[N+](=O)[O-])c(CC2CC(c3ccc(F)cc3)=NO2)c(OC)c2c1OCO2. The number of nitro benzene ring substituents is 1. The maximum atomic E-state index is 13.4. The molecule has 3 aromatic rings. The van der Waals surface area contributed by atoms with Gasteiger partial charge in [0.05, 0.1) is 31.1 Å². The molecule has 1 amide bonds. The Morgan fingerprint density at radius 2 is 1.85 bits per heavy atom. The van der Waals surface area contributed by atoms with Gasteiger partial charge in [-0.05, 0) is 23.8 Å². The molecule has 1 atom stereocenters. The summed E-state index contributed by atoms with van der Waals surface area (Å²) in [6.07, 6.45) is 1.61. The van der Waals surface area contributed by atoms with Crippen LogP contribution in [0.25, 0.3) is 0 Å². The van der Waals surface area contributed by atoms with Crippen molar-refractivity contribution < 1.29 is 37.9 Å². The monoisotopic (exact) mass is 550 g/mol. The molecule has 2 aliphatic heterocycles. The van der Waals surface area contributed by atoms with Crippen LogP contribution < -0.4 is 24.4 Å². The highest BCUT2D eigenvalue weighted by molar-refractivity contribution is 6.01. The molecule has 0 spiro atoms. The van der Waals surface area contributed by atoms with Crippen LogP contribution in [0.1, 0.15) is 33.5 Å². The standard InChI is InChI=1S/C27H23FN4O8/c1-36-23-19(11-17-12-21(31-40-17)15-7-9-16(28)10-8-15)20(24(37-2)26-25(23)38-14-39-26)13-29-30-27(33)18-5-3-4-6-22(18)32(34)35/h3-10,13,17H,11-12,14H2,1-2H3,(H,30,33)/b29-13+. The Morgan fingerprint density at radius 3 is 2.55 bits per heavy atom. The number of ether oxygens (including phenoxy) is 4. The van der Waals surface area contributed by atoms with Crippen LogP contribution >= 0.6 is 0 Å². The molecule has 2 heterocycles. The van der Waals surface area contributed by atoms with Crippen molar-refractivity contribution in [2.24, 2.45) is 10.3 Å². The first kappa shape index (κ1) is 26.4. The Kier molecular flexibility index (Phi) is 7.44. The Morgan fingerprint density at radius 1 is 1.15 bits per heavy atom. The summed E-state index contributed by atoms with van der Waals surface area (Å²) in [6.45, 7) is -0.0613. The maximum absolute atomic E-state index is 13.4. The number of methoxy groups -OCH3 is 2. The summed E-state index contributed by atoms with van der Waals surface area (Å²) in [6, 6.07) is 11.5. The van der Waals surface area contributed by atoms with Crippen molar-refractivity contribution in [2.45, 2.75) is 18.9 Å². The molecule has 40 heavy (non-hydrogen) atoms. The molecule has 2 aliphatic rings. The predicted octanol–water partition coefficient (Wildman–Crippen LogP) is 3.98. The number of rotatable bonds is 9. The van der Waals surface area contributed by atoms with Gasteiger partial charge in [-0.2, -0.15) is 5.10 Å². The zero-order valence-corrected chi connectivity index (χ0v) is 21.4. The predicted molar refractivity (Wildman–Crippen MR) is 140 cm³/mol. The van der Waals surface area contributed by atoms with Crippen LogP contribution in [-0.4, -0.2) is 49.9 Å². The molecule has 0 saturated carbocycles. The van der Waals surface area contributed by atoms with Gasteiger partial charge in [-0.1, -0.05) is 29.4 Å². The van der Waals surface area contributed by atoms with E-state index in [2.05, 4.69) is 15.7 Å². The quantitative estimate of drug-likeness (QED) is 0.239.